The van der Waals surface area contributed by atoms with Crippen molar-refractivity contribution < 1.29 is 4.79 Å². The van der Waals surface area contributed by atoms with Gasteiger partial charge in [0.2, 0.25) is 0 Å². The van der Waals surface area contributed by atoms with E-state index in [1.54, 1.807) is 11.3 Å². The number of hydrogen-bond donors (Lipinski definition) is 1. The monoisotopic (exact) mass is 485 g/mol. The number of carbonyl (C=O) groups excluding carboxylic acids is 1. The number of thiazole rings is 1. The second-order valence-electron chi connectivity index (χ2n) is 8.04. The summed E-state index contributed by atoms with van der Waals surface area (Å²) in [6, 6.07) is 15.4. The number of likely N-dealkylation sites (tertiary alicyclic amines) is 1. The normalized spacial score (nSPS) is 15.1. The van der Waals surface area contributed by atoms with Gasteiger partial charge >= 0.3 is 0 Å². The third-order valence-electron chi connectivity index (χ3n) is 5.84. The molecule has 1 aromatic heterocycles. The molecule has 1 amide bonds. The Labute approximate surface area is 203 Å². The zero-order valence-electron chi connectivity index (χ0n) is 18.2. The molecule has 1 fully saturated rings. The standard InChI is InChI=1S/C25H28ClN3OS2/c1-31-16-4-13-29-14-11-19(12-15-29)25-28-23(17-32-25)24(30)27-22-6-3-2-5-21(22)18-7-9-20(26)10-8-18/h2-3,5-10,17,19H,4,11-16H2,1H3,(H,27,30). The van der Waals surface area contributed by atoms with Crippen molar-refractivity contribution in [2.24, 2.45) is 0 Å². The number of benzene rings is 2. The van der Waals surface area contributed by atoms with Gasteiger partial charge in [-0.3, -0.25) is 4.79 Å². The van der Waals surface area contributed by atoms with Crippen LogP contribution in [0.4, 0.5) is 5.69 Å². The second kappa shape index (κ2) is 11.3. The highest BCUT2D eigenvalue weighted by atomic mass is 35.5. The van der Waals surface area contributed by atoms with E-state index < -0.39 is 0 Å². The minimum Gasteiger partial charge on any atom is -0.320 e. The fourth-order valence-electron chi connectivity index (χ4n) is 4.08. The molecule has 1 aliphatic rings. The first kappa shape index (κ1) is 23.3. The molecule has 0 unspecified atom stereocenters. The molecule has 2 aromatic carbocycles. The molecule has 2 heterocycles. The molecule has 0 aliphatic carbocycles. The molecule has 0 radical (unpaired) electrons. The molecule has 1 aliphatic heterocycles. The molecule has 4 nitrogen and oxygen atoms in total. The third kappa shape index (κ3) is 5.93. The zero-order valence-corrected chi connectivity index (χ0v) is 20.6. The first-order valence-corrected chi connectivity index (χ1v) is 13.6. The molecule has 32 heavy (non-hydrogen) atoms. The number of halogens is 1. The Morgan fingerprint density at radius 3 is 2.69 bits per heavy atom. The smallest absolute Gasteiger partial charge is 0.275 e. The summed E-state index contributed by atoms with van der Waals surface area (Å²) in [6.07, 6.45) is 5.66. The van der Waals surface area contributed by atoms with Gasteiger partial charge in [0, 0.05) is 27.6 Å². The largest absolute Gasteiger partial charge is 0.320 e. The molecule has 7 heteroatoms. The predicted molar refractivity (Wildman–Crippen MR) is 138 cm³/mol. The Balaban J connectivity index is 1.39. The van der Waals surface area contributed by atoms with E-state index in [-0.39, 0.29) is 5.91 Å². The van der Waals surface area contributed by atoms with E-state index in [1.165, 1.54) is 18.7 Å². The Kier molecular flexibility index (Phi) is 8.25. The van der Waals surface area contributed by atoms with Gasteiger partial charge in [0.15, 0.2) is 0 Å². The van der Waals surface area contributed by atoms with Crippen LogP contribution in [-0.2, 0) is 0 Å². The highest BCUT2D eigenvalue weighted by molar-refractivity contribution is 7.98. The van der Waals surface area contributed by atoms with Crippen LogP contribution in [-0.4, -0.2) is 47.4 Å². The van der Waals surface area contributed by atoms with Crippen LogP contribution >= 0.6 is 34.7 Å². The minimum atomic E-state index is -0.164. The summed E-state index contributed by atoms with van der Waals surface area (Å²) in [5.74, 6) is 1.52. The Hall–Kier alpha value is -1.86. The van der Waals surface area contributed by atoms with Crippen LogP contribution in [0.3, 0.4) is 0 Å². The van der Waals surface area contributed by atoms with Crippen molar-refractivity contribution in [1.82, 2.24) is 9.88 Å². The predicted octanol–water partition coefficient (Wildman–Crippen LogP) is 6.65. The van der Waals surface area contributed by atoms with Gasteiger partial charge in [-0.2, -0.15) is 11.8 Å². The van der Waals surface area contributed by atoms with Crippen LogP contribution in [0.5, 0.6) is 0 Å². The van der Waals surface area contributed by atoms with E-state index in [0.29, 0.717) is 16.6 Å². The van der Waals surface area contributed by atoms with Crippen LogP contribution in [0.25, 0.3) is 11.1 Å². The van der Waals surface area contributed by atoms with Crippen LogP contribution in [0.2, 0.25) is 5.02 Å². The van der Waals surface area contributed by atoms with Gasteiger partial charge in [-0.15, -0.1) is 11.3 Å². The van der Waals surface area contributed by atoms with Crippen molar-refractivity contribution in [1.29, 1.82) is 0 Å². The zero-order chi connectivity index (χ0) is 22.3. The fraction of sp³-hybridized carbons (Fsp3) is 0.360. The van der Waals surface area contributed by atoms with Crippen LogP contribution in [0.15, 0.2) is 53.9 Å². The summed E-state index contributed by atoms with van der Waals surface area (Å²) in [7, 11) is 0. The van der Waals surface area contributed by atoms with E-state index in [1.807, 2.05) is 65.7 Å². The topological polar surface area (TPSA) is 45.2 Å². The van der Waals surface area contributed by atoms with Gasteiger partial charge in [-0.25, -0.2) is 4.98 Å². The lowest BCUT2D eigenvalue weighted by Crippen LogP contribution is -2.33. The van der Waals surface area contributed by atoms with Crippen molar-refractivity contribution in [2.45, 2.75) is 25.2 Å². The van der Waals surface area contributed by atoms with Crippen LogP contribution < -0.4 is 5.32 Å². The average molecular weight is 486 g/mol. The maximum Gasteiger partial charge on any atom is 0.275 e. The molecule has 0 saturated carbocycles. The van der Waals surface area contributed by atoms with E-state index in [4.69, 9.17) is 16.6 Å². The molecular formula is C25H28ClN3OS2. The van der Waals surface area contributed by atoms with E-state index in [9.17, 15) is 4.79 Å². The lowest BCUT2D eigenvalue weighted by Gasteiger charge is -2.30. The molecule has 1 N–H and O–H groups in total. The van der Waals surface area contributed by atoms with Crippen molar-refractivity contribution >= 4 is 46.3 Å². The number of anilines is 1. The first-order chi connectivity index (χ1) is 15.6. The van der Waals surface area contributed by atoms with Crippen molar-refractivity contribution in [3.63, 3.8) is 0 Å². The SMILES string of the molecule is CSCCCN1CCC(c2nc(C(=O)Nc3ccccc3-c3ccc(Cl)cc3)cs2)CC1. The summed E-state index contributed by atoms with van der Waals surface area (Å²) in [5.41, 5.74) is 3.24. The van der Waals surface area contributed by atoms with Gasteiger partial charge in [0.25, 0.3) is 5.91 Å². The molecule has 0 bridgehead atoms. The minimum absolute atomic E-state index is 0.164. The number of rotatable bonds is 8. The van der Waals surface area contributed by atoms with Gasteiger partial charge in [-0.1, -0.05) is 41.9 Å². The van der Waals surface area contributed by atoms with Crippen molar-refractivity contribution in [3.8, 4) is 11.1 Å². The fourth-order valence-corrected chi connectivity index (χ4v) is 5.59. The third-order valence-corrected chi connectivity index (χ3v) is 7.80. The maximum atomic E-state index is 12.9. The second-order valence-corrected chi connectivity index (χ2v) is 10.4. The van der Waals surface area contributed by atoms with Crippen molar-refractivity contribution in [2.75, 3.05) is 37.0 Å². The summed E-state index contributed by atoms with van der Waals surface area (Å²) >= 11 is 9.55. The lowest BCUT2D eigenvalue weighted by molar-refractivity contribution is 0.102. The first-order valence-electron chi connectivity index (χ1n) is 11.0. The lowest BCUT2D eigenvalue weighted by atomic mass is 9.97. The summed E-state index contributed by atoms with van der Waals surface area (Å²) < 4.78 is 0. The van der Waals surface area contributed by atoms with Gasteiger partial charge < -0.3 is 10.2 Å². The van der Waals surface area contributed by atoms with E-state index >= 15 is 0 Å². The van der Waals surface area contributed by atoms with Gasteiger partial charge in [0.1, 0.15) is 5.69 Å². The number of hydrogen-bond acceptors (Lipinski definition) is 5. The van der Waals surface area contributed by atoms with E-state index in [2.05, 4.69) is 16.5 Å². The maximum absolute atomic E-state index is 12.9. The molecule has 1 saturated heterocycles. The summed E-state index contributed by atoms with van der Waals surface area (Å²) in [4.78, 5) is 20.2. The Morgan fingerprint density at radius 2 is 1.94 bits per heavy atom. The average Bonchev–Trinajstić information content (AvgIpc) is 3.31. The van der Waals surface area contributed by atoms with Gasteiger partial charge in [-0.05, 0) is 74.7 Å². The van der Waals surface area contributed by atoms with Crippen LogP contribution in [0, 0.1) is 0 Å². The summed E-state index contributed by atoms with van der Waals surface area (Å²) in [6.45, 7) is 3.43. The quantitative estimate of drug-likeness (QED) is 0.363. The Morgan fingerprint density at radius 1 is 1.19 bits per heavy atom. The molecule has 4 rings (SSSR count). The number of carbonyl (C=O) groups is 1. The van der Waals surface area contributed by atoms with E-state index in [0.717, 1.165) is 47.8 Å². The van der Waals surface area contributed by atoms with Crippen LogP contribution in [0.1, 0.15) is 40.7 Å². The number of thioether (sulfide) groups is 1. The summed E-state index contributed by atoms with van der Waals surface area (Å²) in [5, 5.41) is 6.72. The molecule has 0 atom stereocenters. The number of aromatic nitrogens is 1. The number of amides is 1. The van der Waals surface area contributed by atoms with Crippen molar-refractivity contribution in [3.05, 3.63) is 69.6 Å². The molecule has 168 valence electrons. The number of piperidine rings is 1. The number of nitrogens with zero attached hydrogens (tertiary/aromatic N) is 2. The highest BCUT2D eigenvalue weighted by Gasteiger charge is 2.24. The molecule has 0 spiro atoms. The van der Waals surface area contributed by atoms with Gasteiger partial charge in [0.05, 0.1) is 5.01 Å². The Bertz CT molecular complexity index is 1030. The number of para-hydroxylation sites is 1. The molecular weight excluding hydrogens is 458 g/mol. The molecule has 3 aromatic rings. The number of nitrogens with one attached hydrogen (secondary N) is 1. The highest BCUT2D eigenvalue weighted by Crippen LogP contribution is 2.32.